The van der Waals surface area contributed by atoms with Crippen LogP contribution >= 0.6 is 8.58 Å². The van der Waals surface area contributed by atoms with Gasteiger partial charge >= 0.3 is 0 Å². The second-order valence-electron chi connectivity index (χ2n) is 8.98. The summed E-state index contributed by atoms with van der Waals surface area (Å²) in [7, 11) is 0.474. The fraction of sp³-hybridized carbons (Fsp3) is 0.435. The summed E-state index contributed by atoms with van der Waals surface area (Å²) in [6, 6.07) is 2.73. The van der Waals surface area contributed by atoms with E-state index in [0.717, 1.165) is 53.5 Å². The van der Waals surface area contributed by atoms with Crippen molar-refractivity contribution in [3.05, 3.63) is 59.5 Å². The molecule has 0 aliphatic carbocycles. The molecule has 4 atom stereocenters. The third-order valence-corrected chi connectivity index (χ3v) is 8.38. The van der Waals surface area contributed by atoms with Gasteiger partial charge in [-0.3, -0.25) is 9.78 Å². The molecule has 7 nitrogen and oxygen atoms in total. The number of carbonyl (C=O) groups is 1. The van der Waals surface area contributed by atoms with E-state index in [1.165, 1.54) is 18.5 Å². The summed E-state index contributed by atoms with van der Waals surface area (Å²) in [5, 5.41) is 9.38. The maximum Gasteiger partial charge on any atom is 0.252 e. The second kappa shape index (κ2) is 7.28. The molecule has 0 bridgehead atoms. The molecule has 0 aromatic carbocycles. The Kier molecular flexibility index (Phi) is 4.51. The van der Waals surface area contributed by atoms with E-state index in [4.69, 9.17) is 5.10 Å². The van der Waals surface area contributed by atoms with Crippen molar-refractivity contribution in [2.45, 2.75) is 38.5 Å². The van der Waals surface area contributed by atoms with E-state index in [1.807, 2.05) is 29.5 Å². The van der Waals surface area contributed by atoms with Gasteiger partial charge in [-0.1, -0.05) is 14.7 Å². The standard InChI is InChI=1S/C23H27N6OP/c1-14-11-29-20(15(2)25-14)9-19(26-29)21-10-22(30)28-13-17(3-4-23(28)31-21)27-8-6-18-16(12-27)5-7-24-18/h3-4,9-11,13,16,18,23-24,31H,5-8,12H2,1-2H3. The van der Waals surface area contributed by atoms with Crippen molar-refractivity contribution in [2.75, 3.05) is 19.6 Å². The first-order valence-electron chi connectivity index (χ1n) is 11.1. The number of hydrogen-bond donors (Lipinski definition) is 1. The monoisotopic (exact) mass is 434 g/mol. The maximum atomic E-state index is 13.1. The van der Waals surface area contributed by atoms with Crippen LogP contribution in [0.2, 0.25) is 0 Å². The quantitative estimate of drug-likeness (QED) is 0.737. The molecule has 6 rings (SSSR count). The smallest absolute Gasteiger partial charge is 0.252 e. The zero-order chi connectivity index (χ0) is 21.1. The van der Waals surface area contributed by atoms with Crippen LogP contribution in [0.15, 0.2) is 42.4 Å². The Hall–Kier alpha value is -2.50. The highest BCUT2D eigenvalue weighted by atomic mass is 31.1. The lowest BCUT2D eigenvalue weighted by Crippen LogP contribution is -2.45. The number of nitrogens with zero attached hydrogens (tertiary/aromatic N) is 5. The number of nitrogens with one attached hydrogen (secondary N) is 1. The van der Waals surface area contributed by atoms with Crippen LogP contribution in [0.3, 0.4) is 0 Å². The molecular weight excluding hydrogens is 407 g/mol. The molecule has 160 valence electrons. The fourth-order valence-electron chi connectivity index (χ4n) is 5.30. The molecule has 1 amide bonds. The lowest BCUT2D eigenvalue weighted by Gasteiger charge is -2.40. The van der Waals surface area contributed by atoms with E-state index in [-0.39, 0.29) is 11.7 Å². The lowest BCUT2D eigenvalue weighted by atomic mass is 9.93. The van der Waals surface area contributed by atoms with Crippen molar-refractivity contribution >= 4 is 25.3 Å². The van der Waals surface area contributed by atoms with Gasteiger partial charge < -0.3 is 15.1 Å². The number of piperidine rings is 1. The van der Waals surface area contributed by atoms with Gasteiger partial charge in [-0.25, -0.2) is 4.52 Å². The Morgan fingerprint density at radius 2 is 2.16 bits per heavy atom. The molecule has 2 aromatic heterocycles. The van der Waals surface area contributed by atoms with Gasteiger partial charge in [-0.05, 0) is 51.3 Å². The first-order valence-corrected chi connectivity index (χ1v) is 12.2. The van der Waals surface area contributed by atoms with Crippen LogP contribution in [0.4, 0.5) is 0 Å². The average Bonchev–Trinajstić information content (AvgIpc) is 3.40. The maximum absolute atomic E-state index is 13.1. The fourth-order valence-corrected chi connectivity index (χ4v) is 6.63. The van der Waals surface area contributed by atoms with Gasteiger partial charge in [0.15, 0.2) is 0 Å². The molecule has 0 spiro atoms. The van der Waals surface area contributed by atoms with Crippen LogP contribution in [-0.2, 0) is 4.79 Å². The normalized spacial score (nSPS) is 28.7. The van der Waals surface area contributed by atoms with Crippen molar-refractivity contribution in [1.29, 1.82) is 0 Å². The molecule has 4 aliphatic rings. The van der Waals surface area contributed by atoms with E-state index in [1.54, 1.807) is 6.08 Å². The molecule has 6 heterocycles. The minimum absolute atomic E-state index is 0.0427. The summed E-state index contributed by atoms with van der Waals surface area (Å²) in [6.45, 7) is 7.24. The lowest BCUT2D eigenvalue weighted by molar-refractivity contribution is -0.123. The highest BCUT2D eigenvalue weighted by Crippen LogP contribution is 2.44. The molecule has 31 heavy (non-hydrogen) atoms. The zero-order valence-corrected chi connectivity index (χ0v) is 18.9. The molecular formula is C23H27N6OP. The molecule has 0 saturated carbocycles. The highest BCUT2D eigenvalue weighted by Gasteiger charge is 2.35. The largest absolute Gasteiger partial charge is 0.370 e. The Bertz CT molecular complexity index is 1160. The molecule has 0 radical (unpaired) electrons. The molecule has 2 fully saturated rings. The van der Waals surface area contributed by atoms with Crippen LogP contribution in [-0.4, -0.2) is 61.8 Å². The Morgan fingerprint density at radius 1 is 1.26 bits per heavy atom. The number of carbonyl (C=O) groups excluding carboxylic acids is 1. The summed E-state index contributed by atoms with van der Waals surface area (Å²) in [4.78, 5) is 22.0. The third-order valence-electron chi connectivity index (χ3n) is 6.90. The number of hydrogen-bond acceptors (Lipinski definition) is 5. The van der Waals surface area contributed by atoms with Gasteiger partial charge in [0.2, 0.25) is 0 Å². The van der Waals surface area contributed by atoms with Crippen molar-refractivity contribution in [1.82, 2.24) is 29.7 Å². The predicted molar refractivity (Wildman–Crippen MR) is 123 cm³/mol. The third kappa shape index (κ3) is 3.31. The van der Waals surface area contributed by atoms with E-state index in [0.29, 0.717) is 14.6 Å². The summed E-state index contributed by atoms with van der Waals surface area (Å²) < 4.78 is 1.88. The number of allylic oxidation sites excluding steroid dienone is 1. The number of likely N-dealkylation sites (tertiary alicyclic amines) is 1. The predicted octanol–water partition coefficient (Wildman–Crippen LogP) is 2.63. The zero-order valence-electron chi connectivity index (χ0n) is 17.9. The van der Waals surface area contributed by atoms with Crippen LogP contribution in [0.25, 0.3) is 10.8 Å². The molecule has 4 aliphatic heterocycles. The molecule has 2 saturated heterocycles. The molecule has 1 N–H and O–H groups in total. The Balaban J connectivity index is 1.25. The minimum atomic E-state index is 0.0427. The van der Waals surface area contributed by atoms with Crippen LogP contribution < -0.4 is 5.32 Å². The molecule has 4 unspecified atom stereocenters. The number of aromatic nitrogens is 3. The molecule has 8 heteroatoms. The number of aryl methyl sites for hydroxylation is 2. The van der Waals surface area contributed by atoms with E-state index < -0.39 is 0 Å². The van der Waals surface area contributed by atoms with Crippen molar-refractivity contribution in [3.8, 4) is 0 Å². The Labute approximate surface area is 183 Å². The van der Waals surface area contributed by atoms with Gasteiger partial charge in [-0.2, -0.15) is 5.10 Å². The van der Waals surface area contributed by atoms with Gasteiger partial charge in [0, 0.05) is 36.7 Å². The van der Waals surface area contributed by atoms with E-state index >= 15 is 0 Å². The van der Waals surface area contributed by atoms with Crippen LogP contribution in [0.5, 0.6) is 0 Å². The van der Waals surface area contributed by atoms with Crippen LogP contribution in [0.1, 0.15) is 29.9 Å². The Morgan fingerprint density at radius 3 is 3.06 bits per heavy atom. The van der Waals surface area contributed by atoms with E-state index in [2.05, 4.69) is 39.6 Å². The SMILES string of the molecule is Cc1cn2nc(C3=CC(=O)N4C=C(N5CCC6NCCC6C5)C=CC4P3)cc2c(C)n1. The first kappa shape index (κ1) is 19.2. The summed E-state index contributed by atoms with van der Waals surface area (Å²) >= 11 is 0. The van der Waals surface area contributed by atoms with E-state index in [9.17, 15) is 4.79 Å². The average molecular weight is 434 g/mol. The topological polar surface area (TPSA) is 65.8 Å². The van der Waals surface area contributed by atoms with Crippen molar-refractivity contribution in [2.24, 2.45) is 5.92 Å². The van der Waals surface area contributed by atoms with Crippen molar-refractivity contribution in [3.63, 3.8) is 0 Å². The van der Waals surface area contributed by atoms with Crippen LogP contribution in [0, 0.1) is 19.8 Å². The van der Waals surface area contributed by atoms with Gasteiger partial charge in [0.1, 0.15) is 0 Å². The highest BCUT2D eigenvalue weighted by molar-refractivity contribution is 7.51. The summed E-state index contributed by atoms with van der Waals surface area (Å²) in [6.07, 6.45) is 12.6. The molecule has 2 aromatic rings. The first-order chi connectivity index (χ1) is 15.0. The summed E-state index contributed by atoms with van der Waals surface area (Å²) in [5.74, 6) is 0.844. The minimum Gasteiger partial charge on any atom is -0.370 e. The van der Waals surface area contributed by atoms with Gasteiger partial charge in [0.25, 0.3) is 5.91 Å². The number of rotatable bonds is 2. The number of amides is 1. The summed E-state index contributed by atoms with van der Waals surface area (Å²) in [5.41, 5.74) is 4.93. The van der Waals surface area contributed by atoms with Crippen molar-refractivity contribution < 1.29 is 4.79 Å². The number of fused-ring (bicyclic) bond motifs is 3. The second-order valence-corrected chi connectivity index (χ2v) is 10.4. The van der Waals surface area contributed by atoms with Gasteiger partial charge in [-0.15, -0.1) is 0 Å². The van der Waals surface area contributed by atoms with Gasteiger partial charge in [0.05, 0.1) is 40.3 Å².